The Morgan fingerprint density at radius 2 is 1.52 bits per heavy atom. The van der Waals surface area contributed by atoms with Gasteiger partial charge in [-0.05, 0) is 56.5 Å². The average molecular weight is 282 g/mol. The van der Waals surface area contributed by atoms with E-state index in [-0.39, 0.29) is 11.9 Å². The fraction of sp³-hybridized carbons (Fsp3) is 0.278. The van der Waals surface area contributed by atoms with Gasteiger partial charge in [0, 0.05) is 11.4 Å². The van der Waals surface area contributed by atoms with Gasteiger partial charge in [-0.2, -0.15) is 0 Å². The molecule has 110 valence electrons. The molecular weight excluding hydrogens is 260 g/mol. The second kappa shape index (κ2) is 6.44. The quantitative estimate of drug-likeness (QED) is 0.888. The smallest absolute Gasteiger partial charge is 0.246 e. The predicted octanol–water partition coefficient (Wildman–Crippen LogP) is 4.05. The number of carbonyl (C=O) groups excluding carboxylic acids is 1. The van der Waals surface area contributed by atoms with Gasteiger partial charge < -0.3 is 10.6 Å². The topological polar surface area (TPSA) is 41.1 Å². The minimum absolute atomic E-state index is 0.0352. The lowest BCUT2D eigenvalue weighted by atomic mass is 10.1. The molecule has 0 aromatic heterocycles. The molecule has 0 spiro atoms. The third-order valence-electron chi connectivity index (χ3n) is 3.77. The number of amides is 1. The Morgan fingerprint density at radius 3 is 2.24 bits per heavy atom. The van der Waals surface area contributed by atoms with Crippen molar-refractivity contribution >= 4 is 17.3 Å². The zero-order chi connectivity index (χ0) is 15.4. The molecule has 0 saturated carbocycles. The van der Waals surface area contributed by atoms with Crippen LogP contribution in [0.15, 0.2) is 42.5 Å². The van der Waals surface area contributed by atoms with Crippen LogP contribution in [0.25, 0.3) is 0 Å². The fourth-order valence-electron chi connectivity index (χ4n) is 2.16. The molecule has 1 unspecified atom stereocenters. The molecule has 2 rings (SSSR count). The maximum atomic E-state index is 12.3. The minimum atomic E-state index is -0.300. The molecule has 0 aliphatic carbocycles. The van der Waals surface area contributed by atoms with E-state index in [0.717, 1.165) is 22.5 Å². The number of hydrogen-bond donors (Lipinski definition) is 2. The maximum Gasteiger partial charge on any atom is 0.246 e. The van der Waals surface area contributed by atoms with E-state index < -0.39 is 0 Å². The van der Waals surface area contributed by atoms with Gasteiger partial charge in [0.25, 0.3) is 0 Å². The molecule has 21 heavy (non-hydrogen) atoms. The SMILES string of the molecule is Cc1ccccc1NC(C)C(=O)Nc1cccc(C)c1C. The van der Waals surface area contributed by atoms with Crippen molar-refractivity contribution in [2.24, 2.45) is 0 Å². The summed E-state index contributed by atoms with van der Waals surface area (Å²) in [6, 6.07) is 13.6. The lowest BCUT2D eigenvalue weighted by molar-refractivity contribution is -0.116. The third-order valence-corrected chi connectivity index (χ3v) is 3.77. The van der Waals surface area contributed by atoms with Gasteiger partial charge in [0.15, 0.2) is 0 Å². The van der Waals surface area contributed by atoms with Gasteiger partial charge >= 0.3 is 0 Å². The number of carbonyl (C=O) groups is 1. The van der Waals surface area contributed by atoms with Crippen molar-refractivity contribution in [2.45, 2.75) is 33.7 Å². The Hall–Kier alpha value is -2.29. The molecule has 0 aliphatic rings. The predicted molar refractivity (Wildman–Crippen MR) is 88.8 cm³/mol. The molecule has 0 fully saturated rings. The number of para-hydroxylation sites is 1. The summed E-state index contributed by atoms with van der Waals surface area (Å²) < 4.78 is 0. The molecule has 0 saturated heterocycles. The molecule has 2 N–H and O–H groups in total. The van der Waals surface area contributed by atoms with Gasteiger partial charge in [-0.3, -0.25) is 4.79 Å². The van der Waals surface area contributed by atoms with Crippen LogP contribution in [0.5, 0.6) is 0 Å². The van der Waals surface area contributed by atoms with Gasteiger partial charge in [0.2, 0.25) is 5.91 Å². The van der Waals surface area contributed by atoms with Gasteiger partial charge in [0.1, 0.15) is 6.04 Å². The molecular formula is C18H22N2O. The summed E-state index contributed by atoms with van der Waals surface area (Å²) >= 11 is 0. The van der Waals surface area contributed by atoms with E-state index in [1.807, 2.05) is 70.2 Å². The normalized spacial score (nSPS) is 11.8. The van der Waals surface area contributed by atoms with Crippen molar-refractivity contribution in [2.75, 3.05) is 10.6 Å². The molecule has 0 aliphatic heterocycles. The highest BCUT2D eigenvalue weighted by atomic mass is 16.2. The third kappa shape index (κ3) is 3.63. The van der Waals surface area contributed by atoms with Crippen LogP contribution in [0.2, 0.25) is 0 Å². The van der Waals surface area contributed by atoms with Crippen LogP contribution in [0, 0.1) is 20.8 Å². The molecule has 2 aromatic carbocycles. The number of nitrogens with one attached hydrogen (secondary N) is 2. The zero-order valence-electron chi connectivity index (χ0n) is 13.0. The van der Waals surface area contributed by atoms with Crippen LogP contribution in [0.1, 0.15) is 23.6 Å². The molecule has 0 heterocycles. The highest BCUT2D eigenvalue weighted by Crippen LogP contribution is 2.19. The van der Waals surface area contributed by atoms with Gasteiger partial charge in [-0.25, -0.2) is 0 Å². The molecule has 1 amide bonds. The summed E-state index contributed by atoms with van der Waals surface area (Å²) in [4.78, 5) is 12.3. The Labute approximate surface area is 126 Å². The fourth-order valence-corrected chi connectivity index (χ4v) is 2.16. The van der Waals surface area contributed by atoms with E-state index in [2.05, 4.69) is 10.6 Å². The first-order valence-corrected chi connectivity index (χ1v) is 7.18. The van der Waals surface area contributed by atoms with E-state index in [1.165, 1.54) is 5.56 Å². The Morgan fingerprint density at radius 1 is 0.905 bits per heavy atom. The summed E-state index contributed by atoms with van der Waals surface area (Å²) in [5.74, 6) is -0.0352. The summed E-state index contributed by atoms with van der Waals surface area (Å²) in [5, 5.41) is 6.24. The van der Waals surface area contributed by atoms with Crippen LogP contribution >= 0.6 is 0 Å². The van der Waals surface area contributed by atoms with Crippen molar-refractivity contribution in [3.8, 4) is 0 Å². The highest BCUT2D eigenvalue weighted by Gasteiger charge is 2.14. The van der Waals surface area contributed by atoms with Crippen LogP contribution in [-0.4, -0.2) is 11.9 Å². The lowest BCUT2D eigenvalue weighted by Gasteiger charge is -2.18. The van der Waals surface area contributed by atoms with Crippen LogP contribution < -0.4 is 10.6 Å². The monoisotopic (exact) mass is 282 g/mol. The summed E-state index contributed by atoms with van der Waals surface area (Å²) in [7, 11) is 0. The van der Waals surface area contributed by atoms with E-state index in [9.17, 15) is 4.79 Å². The van der Waals surface area contributed by atoms with Crippen LogP contribution in [0.3, 0.4) is 0 Å². The first-order valence-electron chi connectivity index (χ1n) is 7.18. The largest absolute Gasteiger partial charge is 0.374 e. The van der Waals surface area contributed by atoms with Crippen LogP contribution in [-0.2, 0) is 4.79 Å². The molecule has 1 atom stereocenters. The standard InChI is InChI=1S/C18H22N2O/c1-12-9-7-11-17(14(12)3)20-18(21)15(4)19-16-10-6-5-8-13(16)2/h5-11,15,19H,1-4H3,(H,20,21). The lowest BCUT2D eigenvalue weighted by Crippen LogP contribution is -2.32. The average Bonchev–Trinajstić information content (AvgIpc) is 2.46. The summed E-state index contributed by atoms with van der Waals surface area (Å²) in [5.41, 5.74) is 5.27. The second-order valence-electron chi connectivity index (χ2n) is 5.42. The van der Waals surface area contributed by atoms with Crippen molar-refractivity contribution in [1.29, 1.82) is 0 Å². The summed E-state index contributed by atoms with van der Waals surface area (Å²) in [6.07, 6.45) is 0. The summed E-state index contributed by atoms with van der Waals surface area (Å²) in [6.45, 7) is 7.95. The van der Waals surface area contributed by atoms with Gasteiger partial charge in [-0.1, -0.05) is 30.3 Å². The van der Waals surface area contributed by atoms with Crippen molar-refractivity contribution in [3.63, 3.8) is 0 Å². The first kappa shape index (κ1) is 15.1. The van der Waals surface area contributed by atoms with Gasteiger partial charge in [-0.15, -0.1) is 0 Å². The van der Waals surface area contributed by atoms with Crippen molar-refractivity contribution < 1.29 is 4.79 Å². The first-order chi connectivity index (χ1) is 9.99. The number of benzene rings is 2. The number of hydrogen-bond acceptors (Lipinski definition) is 2. The maximum absolute atomic E-state index is 12.3. The Kier molecular flexibility index (Phi) is 4.63. The number of anilines is 2. The van der Waals surface area contributed by atoms with Gasteiger partial charge in [0.05, 0.1) is 0 Å². The van der Waals surface area contributed by atoms with E-state index >= 15 is 0 Å². The number of aryl methyl sites for hydroxylation is 2. The molecule has 3 nitrogen and oxygen atoms in total. The minimum Gasteiger partial charge on any atom is -0.374 e. The Balaban J connectivity index is 2.06. The van der Waals surface area contributed by atoms with Crippen molar-refractivity contribution in [3.05, 3.63) is 59.2 Å². The zero-order valence-corrected chi connectivity index (χ0v) is 13.0. The van der Waals surface area contributed by atoms with E-state index in [4.69, 9.17) is 0 Å². The van der Waals surface area contributed by atoms with Crippen LogP contribution in [0.4, 0.5) is 11.4 Å². The van der Waals surface area contributed by atoms with E-state index in [1.54, 1.807) is 0 Å². The molecule has 0 radical (unpaired) electrons. The molecule has 3 heteroatoms. The molecule has 0 bridgehead atoms. The second-order valence-corrected chi connectivity index (χ2v) is 5.42. The molecule has 2 aromatic rings. The van der Waals surface area contributed by atoms with Crippen molar-refractivity contribution in [1.82, 2.24) is 0 Å². The Bertz CT molecular complexity index is 649. The highest BCUT2D eigenvalue weighted by molar-refractivity contribution is 5.97. The van der Waals surface area contributed by atoms with E-state index in [0.29, 0.717) is 0 Å². The number of rotatable bonds is 4.